The number of ether oxygens (including phenoxy) is 1. The van der Waals surface area contributed by atoms with E-state index >= 15 is 0 Å². The van der Waals surface area contributed by atoms with Crippen molar-refractivity contribution in [2.24, 2.45) is 0 Å². The average molecular weight is 169 g/mol. The number of methoxy groups -OCH3 is 1. The van der Waals surface area contributed by atoms with Gasteiger partial charge in [0.1, 0.15) is 5.76 Å². The number of rotatable bonds is 4. The number of carbonyl (C=O) groups is 1. The van der Waals surface area contributed by atoms with Crippen LogP contribution >= 0.6 is 0 Å². The molecule has 1 aromatic rings. The fourth-order valence-corrected chi connectivity index (χ4v) is 0.926. The molecule has 66 valence electrons. The Hall–Kier alpha value is -1.16. The smallest absolute Gasteiger partial charge is 0.164 e. The highest BCUT2D eigenvalue weighted by Crippen LogP contribution is 2.09. The molecular weight excluding hydrogens is 158 g/mol. The lowest BCUT2D eigenvalue weighted by atomic mass is 10.1. The maximum atomic E-state index is 10.9. The van der Waals surface area contributed by atoms with Crippen molar-refractivity contribution in [3.63, 3.8) is 0 Å². The molecule has 1 heterocycles. The molecule has 0 aliphatic rings. The van der Waals surface area contributed by atoms with E-state index in [1.807, 2.05) is 0 Å². The Kier molecular flexibility index (Phi) is 2.99. The minimum atomic E-state index is -0.0256. The van der Waals surface area contributed by atoms with Crippen molar-refractivity contribution in [2.45, 2.75) is 13.3 Å². The molecule has 4 heteroatoms. The van der Waals surface area contributed by atoms with E-state index in [1.165, 1.54) is 13.1 Å². The molecule has 0 spiro atoms. The van der Waals surface area contributed by atoms with Crippen LogP contribution in [-0.2, 0) is 11.2 Å². The Bertz CT molecular complexity index is 267. The second-order valence-corrected chi connectivity index (χ2v) is 2.46. The number of carbonyl (C=O) groups excluding carboxylic acids is 1. The molecule has 0 fully saturated rings. The van der Waals surface area contributed by atoms with Gasteiger partial charge in [-0.3, -0.25) is 4.79 Å². The highest BCUT2D eigenvalue weighted by molar-refractivity contribution is 5.94. The van der Waals surface area contributed by atoms with Gasteiger partial charge in [0, 0.05) is 13.5 Å². The molecule has 0 unspecified atom stereocenters. The predicted molar refractivity (Wildman–Crippen MR) is 42.1 cm³/mol. The van der Waals surface area contributed by atoms with E-state index in [-0.39, 0.29) is 5.78 Å². The van der Waals surface area contributed by atoms with Crippen molar-refractivity contribution < 1.29 is 14.1 Å². The third kappa shape index (κ3) is 1.92. The molecule has 12 heavy (non-hydrogen) atoms. The van der Waals surface area contributed by atoms with Gasteiger partial charge in [0.25, 0.3) is 0 Å². The molecule has 0 aliphatic carbocycles. The number of Topliss-reactive ketones (excluding diaryl/α,β-unsaturated/α-hetero) is 1. The summed E-state index contributed by atoms with van der Waals surface area (Å²) in [6.45, 7) is 2.03. The first kappa shape index (κ1) is 8.93. The van der Waals surface area contributed by atoms with Gasteiger partial charge in [-0.1, -0.05) is 5.16 Å². The van der Waals surface area contributed by atoms with E-state index in [4.69, 9.17) is 9.26 Å². The summed E-state index contributed by atoms with van der Waals surface area (Å²) in [7, 11) is 1.60. The van der Waals surface area contributed by atoms with E-state index < -0.39 is 0 Å². The summed E-state index contributed by atoms with van der Waals surface area (Å²) in [6.07, 6.45) is 2.03. The summed E-state index contributed by atoms with van der Waals surface area (Å²) >= 11 is 0. The zero-order chi connectivity index (χ0) is 8.97. The van der Waals surface area contributed by atoms with E-state index in [9.17, 15) is 4.79 Å². The number of hydrogen-bond acceptors (Lipinski definition) is 4. The third-order valence-electron chi connectivity index (χ3n) is 1.56. The molecule has 0 saturated heterocycles. The van der Waals surface area contributed by atoms with Crippen LogP contribution in [0, 0.1) is 0 Å². The molecule has 4 nitrogen and oxygen atoms in total. The molecule has 1 rings (SSSR count). The van der Waals surface area contributed by atoms with E-state index in [1.54, 1.807) is 7.11 Å². The zero-order valence-corrected chi connectivity index (χ0v) is 7.16. The molecule has 0 aliphatic heterocycles. The van der Waals surface area contributed by atoms with E-state index in [0.717, 1.165) is 0 Å². The first-order valence-electron chi connectivity index (χ1n) is 3.69. The van der Waals surface area contributed by atoms with Crippen LogP contribution in [0.25, 0.3) is 0 Å². The van der Waals surface area contributed by atoms with Gasteiger partial charge in [-0.2, -0.15) is 0 Å². The van der Waals surface area contributed by atoms with Crippen molar-refractivity contribution >= 4 is 5.78 Å². The lowest BCUT2D eigenvalue weighted by Crippen LogP contribution is -1.99. The third-order valence-corrected chi connectivity index (χ3v) is 1.56. The average Bonchev–Trinajstić information content (AvgIpc) is 2.48. The lowest BCUT2D eigenvalue weighted by molar-refractivity contribution is 0.101. The van der Waals surface area contributed by atoms with Crippen LogP contribution in [0.5, 0.6) is 0 Å². The quantitative estimate of drug-likeness (QED) is 0.632. The summed E-state index contributed by atoms with van der Waals surface area (Å²) in [4.78, 5) is 10.9. The van der Waals surface area contributed by atoms with Crippen molar-refractivity contribution in [1.82, 2.24) is 5.16 Å². The Morgan fingerprint density at radius 1 is 1.75 bits per heavy atom. The van der Waals surface area contributed by atoms with Crippen LogP contribution in [0.4, 0.5) is 0 Å². The highest BCUT2D eigenvalue weighted by atomic mass is 16.5. The molecular formula is C8H11NO3. The van der Waals surface area contributed by atoms with Gasteiger partial charge >= 0.3 is 0 Å². The lowest BCUT2D eigenvalue weighted by Gasteiger charge is -1.95. The number of hydrogen-bond donors (Lipinski definition) is 0. The van der Waals surface area contributed by atoms with Gasteiger partial charge in [-0.25, -0.2) is 0 Å². The summed E-state index contributed by atoms with van der Waals surface area (Å²) in [5, 5.41) is 3.54. The fourth-order valence-electron chi connectivity index (χ4n) is 0.926. The van der Waals surface area contributed by atoms with Crippen LogP contribution in [-0.4, -0.2) is 24.7 Å². The molecule has 0 N–H and O–H groups in total. The van der Waals surface area contributed by atoms with Crippen molar-refractivity contribution in [3.05, 3.63) is 17.5 Å². The van der Waals surface area contributed by atoms with Crippen LogP contribution in [0.2, 0.25) is 0 Å². The normalized spacial score (nSPS) is 10.2. The Balaban J connectivity index is 2.70. The molecule has 1 aromatic heterocycles. The number of ketones is 1. The summed E-state index contributed by atoms with van der Waals surface area (Å²) in [6, 6.07) is 0. The first-order chi connectivity index (χ1) is 5.75. The predicted octanol–water partition coefficient (Wildman–Crippen LogP) is 1.07. The maximum Gasteiger partial charge on any atom is 0.164 e. The summed E-state index contributed by atoms with van der Waals surface area (Å²) in [5.74, 6) is 0.576. The standard InChI is InChI=1S/C8H11NO3/c1-6(10)7-5-9-12-8(7)3-4-11-2/h5H,3-4H2,1-2H3. The summed E-state index contributed by atoms with van der Waals surface area (Å²) in [5.41, 5.74) is 0.548. The largest absolute Gasteiger partial charge is 0.384 e. The first-order valence-corrected chi connectivity index (χ1v) is 3.69. The van der Waals surface area contributed by atoms with Gasteiger partial charge in [-0.15, -0.1) is 0 Å². The molecule has 0 saturated carbocycles. The van der Waals surface area contributed by atoms with Crippen molar-refractivity contribution in [1.29, 1.82) is 0 Å². The number of aromatic nitrogens is 1. The van der Waals surface area contributed by atoms with Crippen LogP contribution in [0.1, 0.15) is 23.0 Å². The van der Waals surface area contributed by atoms with Gasteiger partial charge in [0.2, 0.25) is 0 Å². The monoisotopic (exact) mass is 169 g/mol. The Labute approximate surface area is 70.5 Å². The van der Waals surface area contributed by atoms with Crippen molar-refractivity contribution in [3.8, 4) is 0 Å². The van der Waals surface area contributed by atoms with Gasteiger partial charge in [0.05, 0.1) is 18.4 Å². The van der Waals surface area contributed by atoms with Crippen LogP contribution < -0.4 is 0 Å². The molecule has 0 amide bonds. The Morgan fingerprint density at radius 3 is 3.08 bits per heavy atom. The highest BCUT2D eigenvalue weighted by Gasteiger charge is 2.11. The van der Waals surface area contributed by atoms with Gasteiger partial charge < -0.3 is 9.26 Å². The topological polar surface area (TPSA) is 52.3 Å². The second-order valence-electron chi connectivity index (χ2n) is 2.46. The molecule has 0 bridgehead atoms. The minimum absolute atomic E-state index is 0.0256. The van der Waals surface area contributed by atoms with Gasteiger partial charge in [0.15, 0.2) is 5.78 Å². The van der Waals surface area contributed by atoms with Crippen molar-refractivity contribution in [2.75, 3.05) is 13.7 Å². The fraction of sp³-hybridized carbons (Fsp3) is 0.500. The Morgan fingerprint density at radius 2 is 2.50 bits per heavy atom. The van der Waals surface area contributed by atoms with Crippen LogP contribution in [0.15, 0.2) is 10.7 Å². The molecule has 0 radical (unpaired) electrons. The van der Waals surface area contributed by atoms with E-state index in [2.05, 4.69) is 5.16 Å². The SMILES string of the molecule is COCCc1oncc1C(C)=O. The minimum Gasteiger partial charge on any atom is -0.384 e. The van der Waals surface area contributed by atoms with E-state index in [0.29, 0.717) is 24.4 Å². The number of nitrogens with zero attached hydrogens (tertiary/aromatic N) is 1. The molecule has 0 atom stereocenters. The zero-order valence-electron chi connectivity index (χ0n) is 7.16. The maximum absolute atomic E-state index is 10.9. The second kappa shape index (κ2) is 4.01. The molecule has 0 aromatic carbocycles. The van der Waals surface area contributed by atoms with Gasteiger partial charge in [-0.05, 0) is 6.92 Å². The summed E-state index contributed by atoms with van der Waals surface area (Å²) < 4.78 is 9.73. The van der Waals surface area contributed by atoms with Crippen LogP contribution in [0.3, 0.4) is 0 Å².